The Labute approximate surface area is 141 Å². The molecular formula is C15H15BrClN3S. The topological polar surface area (TPSA) is 20.5 Å². The van der Waals surface area contributed by atoms with Crippen LogP contribution >= 0.6 is 38.9 Å². The average molecular weight is 385 g/mol. The van der Waals surface area contributed by atoms with Gasteiger partial charge < -0.3 is 4.90 Å². The molecule has 3 nitrogen and oxygen atoms in total. The maximum Gasteiger partial charge on any atom is 0.195 e. The van der Waals surface area contributed by atoms with Gasteiger partial charge in [0.25, 0.3) is 0 Å². The number of benzene rings is 1. The number of fused-ring (bicyclic) bond motifs is 1. The highest BCUT2D eigenvalue weighted by molar-refractivity contribution is 9.08. The van der Waals surface area contributed by atoms with Crippen LogP contribution in [0.5, 0.6) is 0 Å². The highest BCUT2D eigenvalue weighted by Gasteiger charge is 2.21. The van der Waals surface area contributed by atoms with Crippen molar-refractivity contribution in [3.8, 4) is 0 Å². The molecule has 3 aromatic rings. The van der Waals surface area contributed by atoms with Crippen LogP contribution in [0.3, 0.4) is 0 Å². The Morgan fingerprint density at radius 1 is 1.43 bits per heavy atom. The maximum atomic E-state index is 6.32. The van der Waals surface area contributed by atoms with E-state index in [1.165, 1.54) is 0 Å². The first-order valence-electron chi connectivity index (χ1n) is 6.61. The quantitative estimate of drug-likeness (QED) is 0.580. The van der Waals surface area contributed by atoms with Crippen molar-refractivity contribution in [1.82, 2.24) is 9.38 Å². The van der Waals surface area contributed by atoms with Gasteiger partial charge in [0.15, 0.2) is 10.8 Å². The van der Waals surface area contributed by atoms with Crippen molar-refractivity contribution in [3.63, 3.8) is 0 Å². The Morgan fingerprint density at radius 2 is 2.19 bits per heavy atom. The molecule has 1 atom stereocenters. The van der Waals surface area contributed by atoms with Gasteiger partial charge in [0, 0.05) is 29.0 Å². The molecule has 0 saturated carbocycles. The van der Waals surface area contributed by atoms with Gasteiger partial charge in [-0.1, -0.05) is 45.7 Å². The third-order valence-corrected chi connectivity index (χ3v) is 5.37. The van der Waals surface area contributed by atoms with Crippen LogP contribution in [-0.2, 0) is 5.33 Å². The summed E-state index contributed by atoms with van der Waals surface area (Å²) in [7, 11) is 2.06. The van der Waals surface area contributed by atoms with Crippen LogP contribution in [-0.4, -0.2) is 16.4 Å². The number of alkyl halides is 1. The van der Waals surface area contributed by atoms with Crippen LogP contribution in [0.4, 0.5) is 5.82 Å². The molecule has 0 N–H and O–H groups in total. The van der Waals surface area contributed by atoms with E-state index in [9.17, 15) is 0 Å². The number of halogens is 2. The molecule has 0 aliphatic heterocycles. The van der Waals surface area contributed by atoms with Crippen molar-refractivity contribution in [3.05, 3.63) is 52.1 Å². The Morgan fingerprint density at radius 3 is 2.90 bits per heavy atom. The minimum absolute atomic E-state index is 0.154. The second-order valence-corrected chi connectivity index (χ2v) is 6.72. The molecule has 1 aromatic carbocycles. The lowest BCUT2D eigenvalue weighted by atomic mass is 10.1. The van der Waals surface area contributed by atoms with Gasteiger partial charge in [-0.25, -0.2) is 4.98 Å². The Kier molecular flexibility index (Phi) is 4.24. The van der Waals surface area contributed by atoms with E-state index in [0.717, 1.165) is 32.4 Å². The number of imidazole rings is 1. The van der Waals surface area contributed by atoms with E-state index in [2.05, 4.69) is 56.8 Å². The van der Waals surface area contributed by atoms with E-state index in [1.54, 1.807) is 11.3 Å². The first-order valence-corrected chi connectivity index (χ1v) is 8.99. The molecular weight excluding hydrogens is 370 g/mol. The minimum Gasteiger partial charge on any atom is -0.351 e. The molecule has 110 valence electrons. The predicted octanol–water partition coefficient (Wildman–Crippen LogP) is 5.14. The third-order valence-electron chi connectivity index (χ3n) is 3.74. The Hall–Kier alpha value is -1.04. The fourth-order valence-electron chi connectivity index (χ4n) is 2.43. The van der Waals surface area contributed by atoms with Crippen LogP contribution in [0.1, 0.15) is 24.2 Å². The summed E-state index contributed by atoms with van der Waals surface area (Å²) in [5.41, 5.74) is 2.27. The monoisotopic (exact) mass is 383 g/mol. The lowest BCUT2D eigenvalue weighted by molar-refractivity contribution is 0.728. The summed E-state index contributed by atoms with van der Waals surface area (Å²) in [6, 6.07) is 8.12. The zero-order valence-electron chi connectivity index (χ0n) is 11.8. The van der Waals surface area contributed by atoms with Gasteiger partial charge in [-0.15, -0.1) is 11.3 Å². The van der Waals surface area contributed by atoms with Gasteiger partial charge in [-0.05, 0) is 18.6 Å². The average Bonchev–Trinajstić information content (AvgIpc) is 3.06. The number of hydrogen-bond donors (Lipinski definition) is 0. The fourth-order valence-corrected chi connectivity index (χ4v) is 3.98. The summed E-state index contributed by atoms with van der Waals surface area (Å²) in [5.74, 6) is 0.992. The lowest BCUT2D eigenvalue weighted by Gasteiger charge is -2.27. The van der Waals surface area contributed by atoms with Crippen molar-refractivity contribution in [2.45, 2.75) is 18.3 Å². The lowest BCUT2D eigenvalue weighted by Crippen LogP contribution is -2.23. The summed E-state index contributed by atoms with van der Waals surface area (Å²) in [4.78, 5) is 7.94. The first kappa shape index (κ1) is 14.9. The molecule has 0 aliphatic rings. The summed E-state index contributed by atoms with van der Waals surface area (Å²) < 4.78 is 2.13. The molecule has 0 aliphatic carbocycles. The molecule has 3 rings (SSSR count). The van der Waals surface area contributed by atoms with Gasteiger partial charge in [0.1, 0.15) is 0 Å². The molecule has 6 heteroatoms. The molecule has 0 bridgehead atoms. The second kappa shape index (κ2) is 5.99. The Bertz CT molecular complexity index is 767. The standard InChI is InChI=1S/C15H15BrClN3S/c1-10(11-5-3-4-6-12(11)17)19(2)14-13(9-16)20-7-8-21-15(20)18-14/h3-8,10H,9H2,1-2H3. The number of hydrogen-bond acceptors (Lipinski definition) is 3. The highest BCUT2D eigenvalue weighted by atomic mass is 79.9. The number of nitrogens with zero attached hydrogens (tertiary/aromatic N) is 3. The summed E-state index contributed by atoms with van der Waals surface area (Å²) in [6.07, 6.45) is 2.06. The van der Waals surface area contributed by atoms with Gasteiger partial charge in [0.05, 0.1) is 11.7 Å². The van der Waals surface area contributed by atoms with Crippen LogP contribution in [0, 0.1) is 0 Å². The number of rotatable bonds is 4. The zero-order chi connectivity index (χ0) is 15.0. The van der Waals surface area contributed by atoms with Gasteiger partial charge in [-0.2, -0.15) is 0 Å². The SMILES string of the molecule is CC(c1ccccc1Cl)N(C)c1nc2sccn2c1CBr. The molecule has 0 radical (unpaired) electrons. The highest BCUT2D eigenvalue weighted by Crippen LogP contribution is 2.33. The number of aromatic nitrogens is 2. The van der Waals surface area contributed by atoms with E-state index < -0.39 is 0 Å². The van der Waals surface area contributed by atoms with Crippen molar-refractivity contribution in [2.24, 2.45) is 0 Å². The van der Waals surface area contributed by atoms with Crippen LogP contribution in [0.2, 0.25) is 5.02 Å². The first-order chi connectivity index (χ1) is 10.1. The van der Waals surface area contributed by atoms with Crippen molar-refractivity contribution in [2.75, 3.05) is 11.9 Å². The van der Waals surface area contributed by atoms with E-state index in [4.69, 9.17) is 16.6 Å². The zero-order valence-corrected chi connectivity index (χ0v) is 14.9. The molecule has 21 heavy (non-hydrogen) atoms. The van der Waals surface area contributed by atoms with Gasteiger partial charge in [-0.3, -0.25) is 4.40 Å². The number of thiazole rings is 1. The third kappa shape index (κ3) is 2.58. The maximum absolute atomic E-state index is 6.32. The summed E-state index contributed by atoms with van der Waals surface area (Å²) in [6.45, 7) is 2.15. The van der Waals surface area contributed by atoms with Crippen LogP contribution in [0.15, 0.2) is 35.8 Å². The van der Waals surface area contributed by atoms with E-state index >= 15 is 0 Å². The molecule has 0 amide bonds. The molecule has 2 heterocycles. The molecule has 0 saturated heterocycles. The molecule has 0 spiro atoms. The minimum atomic E-state index is 0.154. The smallest absolute Gasteiger partial charge is 0.195 e. The largest absolute Gasteiger partial charge is 0.351 e. The van der Waals surface area contributed by atoms with Crippen molar-refractivity contribution >= 4 is 49.6 Å². The summed E-state index contributed by atoms with van der Waals surface area (Å²) >= 11 is 11.5. The van der Waals surface area contributed by atoms with E-state index in [1.807, 2.05) is 18.2 Å². The number of anilines is 1. The van der Waals surface area contributed by atoms with E-state index in [0.29, 0.717) is 0 Å². The van der Waals surface area contributed by atoms with Crippen molar-refractivity contribution in [1.29, 1.82) is 0 Å². The van der Waals surface area contributed by atoms with Gasteiger partial charge >= 0.3 is 0 Å². The Balaban J connectivity index is 2.02. The molecule has 0 fully saturated rings. The normalized spacial score (nSPS) is 12.8. The molecule has 1 unspecified atom stereocenters. The predicted molar refractivity (Wildman–Crippen MR) is 94.0 cm³/mol. The van der Waals surface area contributed by atoms with Crippen LogP contribution in [0.25, 0.3) is 4.96 Å². The second-order valence-electron chi connectivity index (χ2n) is 4.88. The van der Waals surface area contributed by atoms with Crippen molar-refractivity contribution < 1.29 is 0 Å². The van der Waals surface area contributed by atoms with E-state index in [-0.39, 0.29) is 6.04 Å². The molecule has 2 aromatic heterocycles. The van der Waals surface area contributed by atoms with Gasteiger partial charge in [0.2, 0.25) is 0 Å². The van der Waals surface area contributed by atoms with Crippen LogP contribution < -0.4 is 4.90 Å². The fraction of sp³-hybridized carbons (Fsp3) is 0.267. The summed E-state index contributed by atoms with van der Waals surface area (Å²) in [5, 5.41) is 3.61.